The van der Waals surface area contributed by atoms with E-state index in [2.05, 4.69) is 19.2 Å². The first-order valence-corrected chi connectivity index (χ1v) is 8.93. The molecule has 0 saturated carbocycles. The molecule has 1 aromatic rings. The molecule has 2 rings (SSSR count). The van der Waals surface area contributed by atoms with E-state index in [1.807, 2.05) is 23.1 Å². The van der Waals surface area contributed by atoms with Gasteiger partial charge in [-0.2, -0.15) is 0 Å². The van der Waals surface area contributed by atoms with Gasteiger partial charge in [-0.05, 0) is 32.0 Å². The van der Waals surface area contributed by atoms with E-state index < -0.39 is 0 Å². The number of amides is 1. The van der Waals surface area contributed by atoms with Crippen molar-refractivity contribution in [3.63, 3.8) is 0 Å². The van der Waals surface area contributed by atoms with Crippen LogP contribution < -0.4 is 14.8 Å². The fourth-order valence-corrected chi connectivity index (χ4v) is 3.58. The summed E-state index contributed by atoms with van der Waals surface area (Å²) in [4.78, 5) is 15.5. The molecule has 1 fully saturated rings. The lowest BCUT2D eigenvalue weighted by molar-refractivity contribution is -0.134. The van der Waals surface area contributed by atoms with Crippen LogP contribution in [0.2, 0.25) is 0 Å². The van der Waals surface area contributed by atoms with Crippen LogP contribution in [0.25, 0.3) is 0 Å². The fraction of sp³-hybridized carbons (Fsp3) is 0.588. The molecule has 5 nitrogen and oxygen atoms in total. The molecule has 1 saturated heterocycles. The Kier molecular flexibility index (Phi) is 6.59. The number of carbonyl (C=O) groups excluding carboxylic acids is 1. The predicted molar refractivity (Wildman–Crippen MR) is 93.5 cm³/mol. The van der Waals surface area contributed by atoms with E-state index in [1.165, 1.54) is 0 Å². The highest BCUT2D eigenvalue weighted by molar-refractivity contribution is 7.99. The summed E-state index contributed by atoms with van der Waals surface area (Å²) in [7, 11) is 3.25. The summed E-state index contributed by atoms with van der Waals surface area (Å²) in [5.74, 6) is 2.43. The quantitative estimate of drug-likeness (QED) is 0.807. The number of hydrogen-bond acceptors (Lipinski definition) is 5. The standard InChI is InChI=1S/C17H26N2O3S/c1-12-13(2)19(9-8-18-12)17(20)7-10-23-14-5-6-15(21-3)16(11-14)22-4/h5-6,11-13,18H,7-10H2,1-4H3. The van der Waals surface area contributed by atoms with Crippen molar-refractivity contribution in [3.05, 3.63) is 18.2 Å². The zero-order valence-electron chi connectivity index (χ0n) is 14.3. The van der Waals surface area contributed by atoms with Gasteiger partial charge in [0.15, 0.2) is 11.5 Å². The van der Waals surface area contributed by atoms with Gasteiger partial charge in [-0.15, -0.1) is 11.8 Å². The molecule has 1 N–H and O–H groups in total. The average Bonchev–Trinajstić information content (AvgIpc) is 2.57. The van der Waals surface area contributed by atoms with Crippen molar-refractivity contribution < 1.29 is 14.3 Å². The molecular formula is C17H26N2O3S. The molecule has 1 aromatic carbocycles. The monoisotopic (exact) mass is 338 g/mol. The van der Waals surface area contributed by atoms with Crippen molar-refractivity contribution in [2.24, 2.45) is 0 Å². The minimum Gasteiger partial charge on any atom is -0.493 e. The van der Waals surface area contributed by atoms with Crippen LogP contribution in [0.3, 0.4) is 0 Å². The number of piperazine rings is 1. The Morgan fingerprint density at radius 2 is 2.04 bits per heavy atom. The molecule has 0 aromatic heterocycles. The van der Waals surface area contributed by atoms with Crippen molar-refractivity contribution in [2.45, 2.75) is 37.2 Å². The summed E-state index contributed by atoms with van der Waals surface area (Å²) in [5, 5.41) is 3.40. The van der Waals surface area contributed by atoms with Gasteiger partial charge in [0.25, 0.3) is 0 Å². The molecule has 0 radical (unpaired) electrons. The van der Waals surface area contributed by atoms with Gasteiger partial charge in [0.05, 0.1) is 14.2 Å². The van der Waals surface area contributed by atoms with Crippen LogP contribution in [0.15, 0.2) is 23.1 Å². The molecule has 0 aliphatic carbocycles. The molecule has 128 valence electrons. The maximum atomic E-state index is 12.4. The van der Waals surface area contributed by atoms with Gasteiger partial charge in [-0.25, -0.2) is 0 Å². The normalized spacial score (nSPS) is 21.1. The van der Waals surface area contributed by atoms with Crippen molar-refractivity contribution in [2.75, 3.05) is 33.1 Å². The van der Waals surface area contributed by atoms with Gasteiger partial charge in [-0.1, -0.05) is 0 Å². The molecule has 23 heavy (non-hydrogen) atoms. The van der Waals surface area contributed by atoms with Crippen LogP contribution in [0.5, 0.6) is 11.5 Å². The predicted octanol–water partition coefficient (Wildman–Crippen LogP) is 2.39. The second-order valence-corrected chi connectivity index (χ2v) is 6.85. The van der Waals surface area contributed by atoms with E-state index in [9.17, 15) is 4.79 Å². The van der Waals surface area contributed by atoms with E-state index in [0.717, 1.165) is 29.5 Å². The lowest BCUT2D eigenvalue weighted by atomic mass is 10.1. The van der Waals surface area contributed by atoms with Crippen molar-refractivity contribution in [1.29, 1.82) is 0 Å². The zero-order chi connectivity index (χ0) is 16.8. The average molecular weight is 338 g/mol. The van der Waals surface area contributed by atoms with Crippen LogP contribution in [-0.4, -0.2) is 56.0 Å². The lowest BCUT2D eigenvalue weighted by Crippen LogP contribution is -2.57. The highest BCUT2D eigenvalue weighted by Crippen LogP contribution is 2.32. The molecular weight excluding hydrogens is 312 g/mol. The van der Waals surface area contributed by atoms with Crippen LogP contribution in [0.1, 0.15) is 20.3 Å². The number of carbonyl (C=O) groups is 1. The zero-order valence-corrected chi connectivity index (χ0v) is 15.1. The van der Waals surface area contributed by atoms with Gasteiger partial charge < -0.3 is 19.7 Å². The highest BCUT2D eigenvalue weighted by atomic mass is 32.2. The smallest absolute Gasteiger partial charge is 0.223 e. The van der Waals surface area contributed by atoms with Gasteiger partial charge in [0.1, 0.15) is 0 Å². The molecule has 1 aliphatic rings. The summed E-state index contributed by atoms with van der Waals surface area (Å²) in [6, 6.07) is 6.44. The van der Waals surface area contributed by atoms with Gasteiger partial charge in [-0.3, -0.25) is 4.79 Å². The third-order valence-corrected chi connectivity index (χ3v) is 5.29. The van der Waals surface area contributed by atoms with Crippen LogP contribution in [0.4, 0.5) is 0 Å². The minimum absolute atomic E-state index is 0.235. The number of hydrogen-bond donors (Lipinski definition) is 1. The SMILES string of the molecule is COc1ccc(SCCC(=O)N2CCNC(C)C2C)cc1OC. The summed E-state index contributed by atoms with van der Waals surface area (Å²) in [6.07, 6.45) is 0.552. The number of thioether (sulfide) groups is 1. The molecule has 0 bridgehead atoms. The molecule has 1 heterocycles. The Bertz CT molecular complexity index is 539. The molecule has 6 heteroatoms. The first kappa shape index (κ1) is 17.9. The van der Waals surface area contributed by atoms with Crippen molar-refractivity contribution in [3.8, 4) is 11.5 Å². The minimum atomic E-state index is 0.235. The number of nitrogens with one attached hydrogen (secondary N) is 1. The third kappa shape index (κ3) is 4.54. The molecule has 1 amide bonds. The van der Waals surface area contributed by atoms with E-state index in [4.69, 9.17) is 9.47 Å². The Morgan fingerprint density at radius 1 is 1.30 bits per heavy atom. The Labute approximate surface area is 142 Å². The maximum absolute atomic E-state index is 12.4. The second kappa shape index (κ2) is 8.45. The first-order chi connectivity index (χ1) is 11.1. The van der Waals surface area contributed by atoms with Crippen molar-refractivity contribution in [1.82, 2.24) is 10.2 Å². The third-order valence-electron chi connectivity index (χ3n) is 4.29. The molecule has 2 unspecified atom stereocenters. The molecule has 1 aliphatic heterocycles. The largest absolute Gasteiger partial charge is 0.493 e. The first-order valence-electron chi connectivity index (χ1n) is 7.94. The highest BCUT2D eigenvalue weighted by Gasteiger charge is 2.27. The summed E-state index contributed by atoms with van der Waals surface area (Å²) < 4.78 is 10.5. The van der Waals surface area contributed by atoms with Crippen LogP contribution >= 0.6 is 11.8 Å². The summed E-state index contributed by atoms with van der Waals surface area (Å²) in [6.45, 7) is 5.91. The Hall–Kier alpha value is -1.40. The Balaban J connectivity index is 1.86. The number of nitrogens with zero attached hydrogens (tertiary/aromatic N) is 1. The number of ether oxygens (including phenoxy) is 2. The summed E-state index contributed by atoms with van der Waals surface area (Å²) in [5.41, 5.74) is 0. The van der Waals surface area contributed by atoms with E-state index >= 15 is 0 Å². The van der Waals surface area contributed by atoms with E-state index in [1.54, 1.807) is 26.0 Å². The van der Waals surface area contributed by atoms with Gasteiger partial charge in [0, 0.05) is 42.2 Å². The fourth-order valence-electron chi connectivity index (χ4n) is 2.71. The number of methoxy groups -OCH3 is 2. The molecule has 2 atom stereocenters. The van der Waals surface area contributed by atoms with Gasteiger partial charge >= 0.3 is 0 Å². The number of benzene rings is 1. The Morgan fingerprint density at radius 3 is 2.74 bits per heavy atom. The maximum Gasteiger partial charge on any atom is 0.223 e. The van der Waals surface area contributed by atoms with E-state index in [-0.39, 0.29) is 11.9 Å². The van der Waals surface area contributed by atoms with Crippen molar-refractivity contribution >= 4 is 17.7 Å². The summed E-state index contributed by atoms with van der Waals surface area (Å²) >= 11 is 1.66. The topological polar surface area (TPSA) is 50.8 Å². The molecule has 0 spiro atoms. The number of rotatable bonds is 6. The van der Waals surface area contributed by atoms with Crippen LogP contribution in [0, 0.1) is 0 Å². The van der Waals surface area contributed by atoms with E-state index in [0.29, 0.717) is 18.2 Å². The second-order valence-electron chi connectivity index (χ2n) is 5.69. The van der Waals surface area contributed by atoms with Crippen LogP contribution in [-0.2, 0) is 4.79 Å². The lowest BCUT2D eigenvalue weighted by Gasteiger charge is -2.38. The van der Waals surface area contributed by atoms with Gasteiger partial charge in [0.2, 0.25) is 5.91 Å².